The lowest BCUT2D eigenvalue weighted by Crippen LogP contribution is -2.17. The van der Waals surface area contributed by atoms with Crippen molar-refractivity contribution in [2.45, 2.75) is 6.42 Å². The maximum Gasteiger partial charge on any atom is 0.309 e. The number of hydrogen-bond acceptors (Lipinski definition) is 4. The zero-order chi connectivity index (χ0) is 12.4. The molecule has 6 heteroatoms. The molecule has 1 N–H and O–H groups in total. The summed E-state index contributed by atoms with van der Waals surface area (Å²) >= 11 is 0. The predicted molar refractivity (Wildman–Crippen MR) is 59.4 cm³/mol. The van der Waals surface area contributed by atoms with E-state index < -0.39 is 5.97 Å². The van der Waals surface area contributed by atoms with Crippen molar-refractivity contribution in [1.29, 1.82) is 0 Å². The molecule has 0 bridgehead atoms. The van der Waals surface area contributed by atoms with Gasteiger partial charge in [-0.25, -0.2) is 4.98 Å². The van der Waals surface area contributed by atoms with Crippen molar-refractivity contribution in [2.24, 2.45) is 0 Å². The average molecular weight is 234 g/mol. The largest absolute Gasteiger partial charge is 0.495 e. The Labute approximate surface area is 96.1 Å². The van der Waals surface area contributed by atoms with Gasteiger partial charge in [-0.2, -0.15) is 0 Å². The summed E-state index contributed by atoms with van der Waals surface area (Å²) in [7, 11) is 1.50. The van der Waals surface area contributed by atoms with Crippen LogP contribution in [-0.4, -0.2) is 27.6 Å². The third-order valence-electron chi connectivity index (χ3n) is 2.25. The minimum atomic E-state index is -1.02. The van der Waals surface area contributed by atoms with Gasteiger partial charge in [0.05, 0.1) is 25.4 Å². The fraction of sp³-hybridized carbons (Fsp3) is 0.182. The van der Waals surface area contributed by atoms with E-state index in [-0.39, 0.29) is 17.7 Å². The molecule has 0 aromatic carbocycles. The molecule has 0 aliphatic carbocycles. The Morgan fingerprint density at radius 3 is 2.94 bits per heavy atom. The summed E-state index contributed by atoms with van der Waals surface area (Å²) in [5.41, 5.74) is 0.312. The van der Waals surface area contributed by atoms with Gasteiger partial charge in [-0.15, -0.1) is 0 Å². The Morgan fingerprint density at radius 1 is 1.53 bits per heavy atom. The van der Waals surface area contributed by atoms with Crippen molar-refractivity contribution in [3.8, 4) is 5.75 Å². The highest BCUT2D eigenvalue weighted by molar-refractivity contribution is 5.69. The van der Waals surface area contributed by atoms with Crippen molar-refractivity contribution in [3.63, 3.8) is 0 Å². The van der Waals surface area contributed by atoms with Gasteiger partial charge in [0.25, 0.3) is 5.56 Å². The lowest BCUT2D eigenvalue weighted by molar-refractivity contribution is -0.136. The fourth-order valence-corrected chi connectivity index (χ4v) is 1.50. The molecule has 0 amide bonds. The molecule has 0 unspecified atom stereocenters. The summed E-state index contributed by atoms with van der Waals surface area (Å²) in [5, 5.41) is 8.64. The van der Waals surface area contributed by atoms with Crippen LogP contribution in [0.5, 0.6) is 5.75 Å². The third kappa shape index (κ3) is 2.25. The summed E-state index contributed by atoms with van der Waals surface area (Å²) in [6.45, 7) is 0. The lowest BCUT2D eigenvalue weighted by Gasteiger charge is -2.04. The van der Waals surface area contributed by atoms with Crippen LogP contribution in [0.4, 0.5) is 0 Å². The van der Waals surface area contributed by atoms with Gasteiger partial charge < -0.3 is 9.84 Å². The molecule has 0 atom stereocenters. The number of ether oxygens (including phenoxy) is 1. The third-order valence-corrected chi connectivity index (χ3v) is 2.25. The Morgan fingerprint density at radius 2 is 2.29 bits per heavy atom. The number of aromatic nitrogens is 2. The fourth-order valence-electron chi connectivity index (χ4n) is 1.50. The molecule has 2 aromatic rings. The van der Waals surface area contributed by atoms with Crippen LogP contribution in [0.3, 0.4) is 0 Å². The number of fused-ring (bicyclic) bond motifs is 1. The second kappa shape index (κ2) is 4.25. The number of methoxy groups -OCH3 is 1. The van der Waals surface area contributed by atoms with Crippen molar-refractivity contribution >= 4 is 11.6 Å². The zero-order valence-corrected chi connectivity index (χ0v) is 9.08. The lowest BCUT2D eigenvalue weighted by atomic mass is 10.3. The number of pyridine rings is 1. The SMILES string of the molecule is COc1ccc2nc(CC(=O)O)cc(=O)n2c1. The number of carbonyl (C=O) groups is 1. The Hall–Kier alpha value is -2.37. The van der Waals surface area contributed by atoms with Crippen molar-refractivity contribution < 1.29 is 14.6 Å². The summed E-state index contributed by atoms with van der Waals surface area (Å²) in [4.78, 5) is 26.3. The average Bonchev–Trinajstić information content (AvgIpc) is 2.28. The first kappa shape index (κ1) is 11.1. The Kier molecular flexibility index (Phi) is 2.78. The molecule has 0 aliphatic rings. The minimum absolute atomic E-state index is 0.243. The molecule has 0 saturated carbocycles. The first-order chi connectivity index (χ1) is 8.10. The Balaban J connectivity index is 2.59. The highest BCUT2D eigenvalue weighted by atomic mass is 16.5. The van der Waals surface area contributed by atoms with Crippen LogP contribution in [0, 0.1) is 0 Å². The van der Waals surface area contributed by atoms with Gasteiger partial charge in [0.1, 0.15) is 11.4 Å². The van der Waals surface area contributed by atoms with Gasteiger partial charge in [-0.1, -0.05) is 0 Å². The van der Waals surface area contributed by atoms with Crippen LogP contribution < -0.4 is 10.3 Å². The van der Waals surface area contributed by atoms with Crippen molar-refractivity contribution in [3.05, 3.63) is 40.4 Å². The Bertz CT molecular complexity index is 633. The van der Waals surface area contributed by atoms with Gasteiger partial charge in [0.15, 0.2) is 0 Å². The minimum Gasteiger partial charge on any atom is -0.495 e. The zero-order valence-electron chi connectivity index (χ0n) is 9.08. The number of carboxylic acids is 1. The molecule has 0 saturated heterocycles. The molecule has 0 spiro atoms. The van der Waals surface area contributed by atoms with Crippen molar-refractivity contribution in [2.75, 3.05) is 7.11 Å². The highest BCUT2D eigenvalue weighted by Gasteiger charge is 2.06. The number of nitrogens with zero attached hydrogens (tertiary/aromatic N) is 2. The van der Waals surface area contributed by atoms with E-state index in [0.29, 0.717) is 11.4 Å². The molecular formula is C11H10N2O4. The first-order valence-corrected chi connectivity index (χ1v) is 4.88. The second-order valence-corrected chi connectivity index (χ2v) is 3.45. The van der Waals surface area contributed by atoms with E-state index in [2.05, 4.69) is 4.98 Å². The van der Waals surface area contributed by atoms with Gasteiger partial charge >= 0.3 is 5.97 Å². The highest BCUT2D eigenvalue weighted by Crippen LogP contribution is 2.10. The molecule has 2 aromatic heterocycles. The molecule has 0 fully saturated rings. The molecule has 2 heterocycles. The monoisotopic (exact) mass is 234 g/mol. The van der Waals surface area contributed by atoms with Crippen LogP contribution in [0.1, 0.15) is 5.69 Å². The molecule has 0 radical (unpaired) electrons. The smallest absolute Gasteiger partial charge is 0.309 e. The quantitative estimate of drug-likeness (QED) is 0.827. The number of carboxylic acid groups (broad SMARTS) is 1. The topological polar surface area (TPSA) is 80.9 Å². The summed E-state index contributed by atoms with van der Waals surface area (Å²) in [5.74, 6) is -0.484. The van der Waals surface area contributed by atoms with E-state index in [1.807, 2.05) is 0 Å². The standard InChI is InChI=1S/C11H10N2O4/c1-17-8-2-3-9-12-7(5-11(15)16)4-10(14)13(9)6-8/h2-4,6H,5H2,1H3,(H,15,16). The van der Waals surface area contributed by atoms with E-state index in [1.54, 1.807) is 12.1 Å². The molecule has 88 valence electrons. The van der Waals surface area contributed by atoms with E-state index in [4.69, 9.17) is 9.84 Å². The van der Waals surface area contributed by atoms with E-state index in [1.165, 1.54) is 23.8 Å². The molecule has 6 nitrogen and oxygen atoms in total. The molecule has 17 heavy (non-hydrogen) atoms. The summed E-state index contributed by atoms with van der Waals surface area (Å²) < 4.78 is 6.30. The van der Waals surface area contributed by atoms with Crippen LogP contribution >= 0.6 is 0 Å². The predicted octanol–water partition coefficient (Wildman–Crippen LogP) is 0.330. The number of hydrogen-bond donors (Lipinski definition) is 1. The van der Waals surface area contributed by atoms with Gasteiger partial charge in [0.2, 0.25) is 0 Å². The van der Waals surface area contributed by atoms with Gasteiger partial charge in [0, 0.05) is 6.07 Å². The van der Waals surface area contributed by atoms with Crippen LogP contribution in [-0.2, 0) is 11.2 Å². The van der Waals surface area contributed by atoms with E-state index in [9.17, 15) is 9.59 Å². The maximum atomic E-state index is 11.7. The normalized spacial score (nSPS) is 10.4. The van der Waals surface area contributed by atoms with Crippen molar-refractivity contribution in [1.82, 2.24) is 9.38 Å². The molecule has 2 rings (SSSR count). The van der Waals surface area contributed by atoms with Gasteiger partial charge in [-0.3, -0.25) is 14.0 Å². The number of rotatable bonds is 3. The molecule has 0 aliphatic heterocycles. The number of aliphatic carboxylic acids is 1. The van der Waals surface area contributed by atoms with Gasteiger partial charge in [-0.05, 0) is 12.1 Å². The summed E-state index contributed by atoms with van der Waals surface area (Å²) in [6.07, 6.45) is 1.24. The second-order valence-electron chi connectivity index (χ2n) is 3.45. The van der Waals surface area contributed by atoms with Crippen LogP contribution in [0.25, 0.3) is 5.65 Å². The van der Waals surface area contributed by atoms with Crippen LogP contribution in [0.15, 0.2) is 29.2 Å². The van der Waals surface area contributed by atoms with E-state index in [0.717, 1.165) is 0 Å². The maximum absolute atomic E-state index is 11.7. The van der Waals surface area contributed by atoms with E-state index >= 15 is 0 Å². The first-order valence-electron chi connectivity index (χ1n) is 4.88. The summed E-state index contributed by atoms with van der Waals surface area (Å²) in [6, 6.07) is 4.47. The van der Waals surface area contributed by atoms with Crippen LogP contribution in [0.2, 0.25) is 0 Å². The molecular weight excluding hydrogens is 224 g/mol.